The van der Waals surface area contributed by atoms with Crippen molar-refractivity contribution in [3.05, 3.63) is 45.6 Å². The van der Waals surface area contributed by atoms with Gasteiger partial charge in [-0.05, 0) is 41.6 Å². The topological polar surface area (TPSA) is 92.9 Å². The van der Waals surface area contributed by atoms with Crippen molar-refractivity contribution in [1.29, 1.82) is 0 Å². The molecule has 4 rings (SSSR count). The van der Waals surface area contributed by atoms with Crippen LogP contribution in [-0.4, -0.2) is 52.1 Å². The molecule has 0 unspecified atom stereocenters. The maximum absolute atomic E-state index is 13.3. The van der Waals surface area contributed by atoms with Crippen molar-refractivity contribution >= 4 is 33.0 Å². The first-order valence-electron chi connectivity index (χ1n) is 8.77. The number of carbonyl (C=O) groups excluding carboxylic acids is 1. The Bertz CT molecular complexity index is 965. The van der Waals surface area contributed by atoms with Crippen LogP contribution in [0.4, 0.5) is 5.69 Å². The molecule has 2 N–H and O–H groups in total. The highest BCUT2D eigenvalue weighted by atomic mass is 32.2. The van der Waals surface area contributed by atoms with E-state index in [1.165, 1.54) is 17.0 Å². The van der Waals surface area contributed by atoms with Gasteiger partial charge in [0.15, 0.2) is 0 Å². The molecule has 7 nitrogen and oxygen atoms in total. The Morgan fingerprint density at radius 1 is 1.15 bits per heavy atom. The lowest BCUT2D eigenvalue weighted by Gasteiger charge is -2.33. The second-order valence-corrected chi connectivity index (χ2v) is 9.23. The largest absolute Gasteiger partial charge is 0.378 e. The maximum Gasteiger partial charge on any atom is 0.256 e. The lowest BCUT2D eigenvalue weighted by atomic mass is 10.1. The van der Waals surface area contributed by atoms with E-state index in [1.807, 2.05) is 11.4 Å². The molecule has 144 valence electrons. The molecule has 1 aromatic heterocycles. The van der Waals surface area contributed by atoms with Crippen LogP contribution in [-0.2, 0) is 27.7 Å². The van der Waals surface area contributed by atoms with E-state index < -0.39 is 10.0 Å². The average Bonchev–Trinajstić information content (AvgIpc) is 3.14. The molecule has 1 saturated heterocycles. The van der Waals surface area contributed by atoms with Crippen molar-refractivity contribution in [3.8, 4) is 0 Å². The molecule has 1 aromatic carbocycles. The Morgan fingerprint density at radius 3 is 2.67 bits per heavy atom. The smallest absolute Gasteiger partial charge is 0.256 e. The lowest BCUT2D eigenvalue weighted by molar-refractivity contribution is 0.0735. The Hall–Kier alpha value is -1.94. The number of fused-ring (bicyclic) bond motifs is 1. The number of ether oxygens (including phenoxy) is 1. The SMILES string of the molecule is NS(=O)(=O)c1ccc(N2CCOCC2)c(C(=O)N2CCc3sccc3C2)c1. The molecule has 0 atom stereocenters. The van der Waals surface area contributed by atoms with Crippen LogP contribution in [0.1, 0.15) is 20.8 Å². The number of nitrogens with two attached hydrogens (primary N) is 1. The summed E-state index contributed by atoms with van der Waals surface area (Å²) in [6.45, 7) is 3.63. The monoisotopic (exact) mass is 407 g/mol. The van der Waals surface area contributed by atoms with Crippen molar-refractivity contribution < 1.29 is 17.9 Å². The van der Waals surface area contributed by atoms with Gasteiger partial charge in [-0.1, -0.05) is 0 Å². The number of rotatable bonds is 3. The van der Waals surface area contributed by atoms with Gasteiger partial charge in [0.1, 0.15) is 0 Å². The third-order valence-corrected chi connectivity index (χ3v) is 6.91. The fourth-order valence-electron chi connectivity index (χ4n) is 3.54. The molecule has 0 radical (unpaired) electrons. The van der Waals surface area contributed by atoms with Gasteiger partial charge in [-0.15, -0.1) is 11.3 Å². The molecular formula is C18H21N3O4S2. The van der Waals surface area contributed by atoms with Crippen LogP contribution in [0.2, 0.25) is 0 Å². The molecule has 0 bridgehead atoms. The van der Waals surface area contributed by atoms with Crippen LogP contribution in [0.3, 0.4) is 0 Å². The number of hydrogen-bond donors (Lipinski definition) is 1. The van der Waals surface area contributed by atoms with Crippen molar-refractivity contribution in [2.24, 2.45) is 5.14 Å². The maximum atomic E-state index is 13.3. The summed E-state index contributed by atoms with van der Waals surface area (Å²) in [6, 6.07) is 6.59. The Labute approximate surface area is 162 Å². The molecule has 2 aliphatic rings. The molecule has 27 heavy (non-hydrogen) atoms. The molecule has 9 heteroatoms. The van der Waals surface area contributed by atoms with Crippen LogP contribution >= 0.6 is 11.3 Å². The highest BCUT2D eigenvalue weighted by molar-refractivity contribution is 7.89. The standard InChI is InChI=1S/C18H21N3O4S2/c19-27(23,24)14-1-2-16(20-6-8-25-9-7-20)15(11-14)18(22)21-5-3-17-13(12-21)4-10-26-17/h1-2,4,10-11H,3,5-9,12H2,(H2,19,23,24). The zero-order chi connectivity index (χ0) is 19.0. The van der Waals surface area contributed by atoms with E-state index >= 15 is 0 Å². The van der Waals surface area contributed by atoms with Crippen LogP contribution in [0.25, 0.3) is 0 Å². The van der Waals surface area contributed by atoms with E-state index in [0.717, 1.165) is 17.7 Å². The highest BCUT2D eigenvalue weighted by Gasteiger charge is 2.27. The van der Waals surface area contributed by atoms with E-state index in [-0.39, 0.29) is 10.8 Å². The summed E-state index contributed by atoms with van der Waals surface area (Å²) >= 11 is 1.71. The summed E-state index contributed by atoms with van der Waals surface area (Å²) < 4.78 is 29.0. The number of nitrogens with zero attached hydrogens (tertiary/aromatic N) is 2. The highest BCUT2D eigenvalue weighted by Crippen LogP contribution is 2.29. The Kier molecular flexibility index (Phi) is 4.94. The second-order valence-electron chi connectivity index (χ2n) is 6.67. The minimum atomic E-state index is -3.89. The molecule has 1 amide bonds. The van der Waals surface area contributed by atoms with Gasteiger partial charge in [0, 0.05) is 36.7 Å². The minimum Gasteiger partial charge on any atom is -0.378 e. The number of primary sulfonamides is 1. The first kappa shape index (κ1) is 18.4. The van der Waals surface area contributed by atoms with E-state index in [2.05, 4.69) is 4.90 Å². The van der Waals surface area contributed by atoms with Gasteiger partial charge >= 0.3 is 0 Å². The molecule has 3 heterocycles. The average molecular weight is 408 g/mol. The summed E-state index contributed by atoms with van der Waals surface area (Å²) in [5, 5.41) is 7.34. The Morgan fingerprint density at radius 2 is 1.93 bits per heavy atom. The number of thiophene rings is 1. The number of carbonyl (C=O) groups is 1. The fraction of sp³-hybridized carbons (Fsp3) is 0.389. The summed E-state index contributed by atoms with van der Waals surface area (Å²) in [4.78, 5) is 18.4. The third kappa shape index (κ3) is 3.73. The molecule has 1 fully saturated rings. The first-order valence-corrected chi connectivity index (χ1v) is 11.2. The predicted molar refractivity (Wildman–Crippen MR) is 104 cm³/mol. The van der Waals surface area contributed by atoms with Crippen molar-refractivity contribution in [1.82, 2.24) is 4.90 Å². The zero-order valence-corrected chi connectivity index (χ0v) is 16.4. The fourth-order valence-corrected chi connectivity index (χ4v) is 4.97. The number of sulfonamides is 1. The molecule has 2 aromatic rings. The second kappa shape index (κ2) is 7.23. The molecular weight excluding hydrogens is 386 g/mol. The van der Waals surface area contributed by atoms with Crippen molar-refractivity contribution in [3.63, 3.8) is 0 Å². The summed E-state index contributed by atoms with van der Waals surface area (Å²) in [6.07, 6.45) is 0.820. The van der Waals surface area contributed by atoms with E-state index in [1.54, 1.807) is 22.3 Å². The van der Waals surface area contributed by atoms with E-state index in [9.17, 15) is 13.2 Å². The summed E-state index contributed by atoms with van der Waals surface area (Å²) in [7, 11) is -3.89. The zero-order valence-electron chi connectivity index (χ0n) is 14.8. The van der Waals surface area contributed by atoms with Gasteiger partial charge in [-0.3, -0.25) is 4.79 Å². The Balaban J connectivity index is 1.71. The lowest BCUT2D eigenvalue weighted by Crippen LogP contribution is -2.40. The van der Waals surface area contributed by atoms with Crippen molar-refractivity contribution in [2.75, 3.05) is 37.7 Å². The van der Waals surface area contributed by atoms with Crippen LogP contribution in [0.5, 0.6) is 0 Å². The number of morpholine rings is 1. The van der Waals surface area contributed by atoms with Gasteiger partial charge in [0.2, 0.25) is 10.0 Å². The molecule has 0 spiro atoms. The number of hydrogen-bond acceptors (Lipinski definition) is 6. The van der Waals surface area contributed by atoms with Gasteiger partial charge in [-0.25, -0.2) is 13.6 Å². The summed E-state index contributed by atoms with van der Waals surface area (Å²) in [5.41, 5.74) is 2.27. The van der Waals surface area contributed by atoms with E-state index in [0.29, 0.717) is 45.0 Å². The van der Waals surface area contributed by atoms with Gasteiger partial charge < -0.3 is 14.5 Å². The van der Waals surface area contributed by atoms with E-state index in [4.69, 9.17) is 9.88 Å². The van der Waals surface area contributed by atoms with Gasteiger partial charge in [-0.2, -0.15) is 0 Å². The minimum absolute atomic E-state index is 0.0453. The quantitative estimate of drug-likeness (QED) is 0.831. The third-order valence-electron chi connectivity index (χ3n) is 4.97. The molecule has 2 aliphatic heterocycles. The normalized spacial score (nSPS) is 17.7. The van der Waals surface area contributed by atoms with Crippen LogP contribution < -0.4 is 10.0 Å². The first-order chi connectivity index (χ1) is 12.9. The van der Waals surface area contributed by atoms with Gasteiger partial charge in [0.05, 0.1) is 23.7 Å². The number of anilines is 1. The van der Waals surface area contributed by atoms with Gasteiger partial charge in [0.25, 0.3) is 5.91 Å². The van der Waals surface area contributed by atoms with Crippen LogP contribution in [0.15, 0.2) is 34.5 Å². The molecule has 0 saturated carbocycles. The number of amides is 1. The predicted octanol–water partition coefficient (Wildman–Crippen LogP) is 1.43. The van der Waals surface area contributed by atoms with Crippen molar-refractivity contribution in [2.45, 2.75) is 17.9 Å². The van der Waals surface area contributed by atoms with Crippen LogP contribution in [0, 0.1) is 0 Å². The molecule has 0 aliphatic carbocycles. The summed E-state index contributed by atoms with van der Waals surface area (Å²) in [5.74, 6) is -0.168. The number of benzene rings is 1.